The van der Waals surface area contributed by atoms with Gasteiger partial charge in [-0.1, -0.05) is 62.7 Å². The second kappa shape index (κ2) is 6.62. The lowest BCUT2D eigenvalue weighted by molar-refractivity contribution is 0.425. The smallest absolute Gasteiger partial charge is 0.00146 e. The number of fused-ring (bicyclic) bond motifs is 1. The molecule has 0 aromatic heterocycles. The Bertz CT molecular complexity index is 587. The molecule has 2 aromatic rings. The van der Waals surface area contributed by atoms with E-state index in [9.17, 15) is 0 Å². The zero-order valence-corrected chi connectivity index (χ0v) is 13.3. The highest BCUT2D eigenvalue weighted by molar-refractivity contribution is 5.83. The molecule has 0 saturated heterocycles. The standard InChI is InChI=1S/C20H27N/c1-15(2)13-21-14-19-8-5-9-20(19)18-11-10-16-6-3-4-7-17(16)12-18/h3-4,6-7,10-12,15,19-21H,5,8-9,13-14H2,1-2H3. The lowest BCUT2D eigenvalue weighted by Crippen LogP contribution is -2.27. The maximum atomic E-state index is 3.66. The lowest BCUT2D eigenvalue weighted by Gasteiger charge is -2.21. The molecule has 1 saturated carbocycles. The van der Waals surface area contributed by atoms with Crippen LogP contribution in [0.25, 0.3) is 10.8 Å². The molecule has 112 valence electrons. The monoisotopic (exact) mass is 281 g/mol. The molecule has 0 spiro atoms. The summed E-state index contributed by atoms with van der Waals surface area (Å²) in [5, 5.41) is 6.40. The first kappa shape index (κ1) is 14.6. The fraction of sp³-hybridized carbons (Fsp3) is 0.500. The van der Waals surface area contributed by atoms with Crippen molar-refractivity contribution in [2.45, 2.75) is 39.0 Å². The van der Waals surface area contributed by atoms with Crippen molar-refractivity contribution in [3.8, 4) is 0 Å². The molecule has 0 radical (unpaired) electrons. The van der Waals surface area contributed by atoms with Gasteiger partial charge >= 0.3 is 0 Å². The topological polar surface area (TPSA) is 12.0 Å². The van der Waals surface area contributed by atoms with Crippen LogP contribution in [0.1, 0.15) is 44.6 Å². The molecule has 1 N–H and O–H groups in total. The van der Waals surface area contributed by atoms with Crippen molar-refractivity contribution in [3.05, 3.63) is 48.0 Å². The van der Waals surface area contributed by atoms with Crippen LogP contribution < -0.4 is 5.32 Å². The molecule has 1 heteroatoms. The Morgan fingerprint density at radius 2 is 1.86 bits per heavy atom. The molecule has 21 heavy (non-hydrogen) atoms. The highest BCUT2D eigenvalue weighted by Crippen LogP contribution is 2.40. The van der Waals surface area contributed by atoms with E-state index in [4.69, 9.17) is 0 Å². The number of hydrogen-bond donors (Lipinski definition) is 1. The number of nitrogens with one attached hydrogen (secondary N) is 1. The molecule has 0 aliphatic heterocycles. The first-order chi connectivity index (χ1) is 10.2. The number of hydrogen-bond acceptors (Lipinski definition) is 1. The van der Waals surface area contributed by atoms with Crippen molar-refractivity contribution in [2.75, 3.05) is 13.1 Å². The summed E-state index contributed by atoms with van der Waals surface area (Å²) in [7, 11) is 0. The predicted molar refractivity (Wildman–Crippen MR) is 91.7 cm³/mol. The molecule has 2 aromatic carbocycles. The van der Waals surface area contributed by atoms with Gasteiger partial charge in [0.05, 0.1) is 0 Å². The first-order valence-corrected chi connectivity index (χ1v) is 8.43. The second-order valence-corrected chi connectivity index (χ2v) is 6.96. The minimum absolute atomic E-state index is 0.741. The summed E-state index contributed by atoms with van der Waals surface area (Å²) in [5.74, 6) is 2.30. The van der Waals surface area contributed by atoms with Gasteiger partial charge < -0.3 is 5.32 Å². The minimum Gasteiger partial charge on any atom is -0.316 e. The Labute approximate surface area is 128 Å². The maximum absolute atomic E-state index is 3.66. The third kappa shape index (κ3) is 3.47. The zero-order chi connectivity index (χ0) is 14.7. The first-order valence-electron chi connectivity index (χ1n) is 8.43. The van der Waals surface area contributed by atoms with Crippen LogP contribution in [0.2, 0.25) is 0 Å². The highest BCUT2D eigenvalue weighted by Gasteiger charge is 2.28. The Balaban J connectivity index is 1.73. The molecular weight excluding hydrogens is 254 g/mol. The van der Waals surface area contributed by atoms with Gasteiger partial charge in [0.1, 0.15) is 0 Å². The Morgan fingerprint density at radius 3 is 2.67 bits per heavy atom. The fourth-order valence-electron chi connectivity index (χ4n) is 3.72. The summed E-state index contributed by atoms with van der Waals surface area (Å²) in [4.78, 5) is 0. The molecule has 1 aliphatic rings. The molecule has 0 heterocycles. The summed E-state index contributed by atoms with van der Waals surface area (Å²) < 4.78 is 0. The molecule has 1 fully saturated rings. The molecule has 1 nitrogen and oxygen atoms in total. The molecule has 0 bridgehead atoms. The van der Waals surface area contributed by atoms with E-state index in [2.05, 4.69) is 61.6 Å². The van der Waals surface area contributed by atoms with Crippen LogP contribution in [0, 0.1) is 11.8 Å². The summed E-state index contributed by atoms with van der Waals surface area (Å²) >= 11 is 0. The Hall–Kier alpha value is -1.34. The maximum Gasteiger partial charge on any atom is -0.00146 e. The average Bonchev–Trinajstić information content (AvgIpc) is 2.95. The lowest BCUT2D eigenvalue weighted by atomic mass is 9.87. The number of rotatable bonds is 5. The van der Waals surface area contributed by atoms with Crippen LogP contribution in [0.4, 0.5) is 0 Å². The van der Waals surface area contributed by atoms with Crippen molar-refractivity contribution in [1.82, 2.24) is 5.32 Å². The fourth-order valence-corrected chi connectivity index (χ4v) is 3.72. The van der Waals surface area contributed by atoms with Gasteiger partial charge in [-0.3, -0.25) is 0 Å². The Morgan fingerprint density at radius 1 is 1.05 bits per heavy atom. The van der Waals surface area contributed by atoms with E-state index in [-0.39, 0.29) is 0 Å². The number of benzene rings is 2. The normalized spacial score (nSPS) is 22.2. The van der Waals surface area contributed by atoms with Gasteiger partial charge in [0, 0.05) is 0 Å². The summed E-state index contributed by atoms with van der Waals surface area (Å²) in [6.45, 7) is 6.88. The van der Waals surface area contributed by atoms with E-state index < -0.39 is 0 Å². The van der Waals surface area contributed by atoms with Gasteiger partial charge in [0.2, 0.25) is 0 Å². The van der Waals surface area contributed by atoms with Crippen molar-refractivity contribution < 1.29 is 0 Å². The second-order valence-electron chi connectivity index (χ2n) is 6.96. The van der Waals surface area contributed by atoms with Crippen LogP contribution in [0.3, 0.4) is 0 Å². The van der Waals surface area contributed by atoms with E-state index in [0.29, 0.717) is 0 Å². The summed E-state index contributed by atoms with van der Waals surface area (Å²) in [6, 6.07) is 15.8. The van der Waals surface area contributed by atoms with E-state index in [1.807, 2.05) is 0 Å². The largest absolute Gasteiger partial charge is 0.316 e. The predicted octanol–water partition coefficient (Wildman–Crippen LogP) is 4.97. The van der Waals surface area contributed by atoms with Gasteiger partial charge in [0.15, 0.2) is 0 Å². The molecule has 0 amide bonds. The molecule has 2 atom stereocenters. The van der Waals surface area contributed by atoms with Crippen molar-refractivity contribution in [3.63, 3.8) is 0 Å². The van der Waals surface area contributed by atoms with Crippen molar-refractivity contribution in [1.29, 1.82) is 0 Å². The zero-order valence-electron chi connectivity index (χ0n) is 13.3. The molecule has 3 rings (SSSR count). The van der Waals surface area contributed by atoms with Gasteiger partial charge in [-0.25, -0.2) is 0 Å². The van der Waals surface area contributed by atoms with Gasteiger partial charge in [-0.05, 0) is 60.0 Å². The summed E-state index contributed by atoms with van der Waals surface area (Å²) in [6.07, 6.45) is 4.11. The van der Waals surface area contributed by atoms with Crippen LogP contribution in [-0.4, -0.2) is 13.1 Å². The quantitative estimate of drug-likeness (QED) is 0.816. The van der Waals surface area contributed by atoms with E-state index >= 15 is 0 Å². The van der Waals surface area contributed by atoms with Crippen LogP contribution in [0.5, 0.6) is 0 Å². The summed E-state index contributed by atoms with van der Waals surface area (Å²) in [5.41, 5.74) is 1.54. The van der Waals surface area contributed by atoms with Crippen LogP contribution in [-0.2, 0) is 0 Å². The van der Waals surface area contributed by atoms with Crippen LogP contribution in [0.15, 0.2) is 42.5 Å². The minimum atomic E-state index is 0.741. The molecule has 2 unspecified atom stereocenters. The highest BCUT2D eigenvalue weighted by atomic mass is 14.9. The van der Waals surface area contributed by atoms with Gasteiger partial charge in [-0.15, -0.1) is 0 Å². The van der Waals surface area contributed by atoms with Gasteiger partial charge in [-0.2, -0.15) is 0 Å². The molecule has 1 aliphatic carbocycles. The third-order valence-electron chi connectivity index (χ3n) is 4.82. The van der Waals surface area contributed by atoms with Crippen molar-refractivity contribution in [2.24, 2.45) is 11.8 Å². The average molecular weight is 281 g/mol. The van der Waals surface area contributed by atoms with E-state index in [1.165, 1.54) is 36.6 Å². The van der Waals surface area contributed by atoms with Crippen LogP contribution >= 0.6 is 0 Å². The molecular formula is C20H27N. The third-order valence-corrected chi connectivity index (χ3v) is 4.82. The van der Waals surface area contributed by atoms with Crippen molar-refractivity contribution >= 4 is 10.8 Å². The van der Waals surface area contributed by atoms with E-state index in [1.54, 1.807) is 5.56 Å². The van der Waals surface area contributed by atoms with Gasteiger partial charge in [0.25, 0.3) is 0 Å². The van der Waals surface area contributed by atoms with E-state index in [0.717, 1.165) is 24.3 Å². The Kier molecular flexibility index (Phi) is 4.60. The SMILES string of the molecule is CC(C)CNCC1CCCC1c1ccc2ccccc2c1.